The maximum atomic E-state index is 10.7. The standard InChI is InChI=1S/C7H9N3O2/c1-12-10(7(8)11)9-5-3-2-4-6-9/h2-6H,1H3,(H-,8,11)/p+1. The molecule has 0 aliphatic rings. The van der Waals surface area contributed by atoms with Crippen molar-refractivity contribution in [3.05, 3.63) is 30.6 Å². The van der Waals surface area contributed by atoms with E-state index in [0.717, 1.165) is 5.17 Å². The highest BCUT2D eigenvalue weighted by Crippen LogP contribution is 1.80. The highest BCUT2D eigenvalue weighted by atomic mass is 16.7. The predicted octanol–water partition coefficient (Wildman–Crippen LogP) is -0.448. The molecule has 2 N–H and O–H groups in total. The highest BCUT2D eigenvalue weighted by molar-refractivity contribution is 5.78. The molecule has 0 atom stereocenters. The fraction of sp³-hybridized carbons (Fsp3) is 0.143. The van der Waals surface area contributed by atoms with Crippen molar-refractivity contribution in [3.8, 4) is 0 Å². The monoisotopic (exact) mass is 168 g/mol. The summed E-state index contributed by atoms with van der Waals surface area (Å²) in [6, 6.07) is 4.67. The fourth-order valence-electron chi connectivity index (χ4n) is 0.809. The van der Waals surface area contributed by atoms with Crippen molar-refractivity contribution in [1.29, 1.82) is 0 Å². The van der Waals surface area contributed by atoms with Crippen LogP contribution in [-0.4, -0.2) is 13.1 Å². The van der Waals surface area contributed by atoms with Gasteiger partial charge in [0.2, 0.25) is 12.4 Å². The zero-order chi connectivity index (χ0) is 8.97. The van der Waals surface area contributed by atoms with Crippen molar-refractivity contribution in [1.82, 2.24) is 0 Å². The van der Waals surface area contributed by atoms with Gasteiger partial charge in [-0.1, -0.05) is 10.7 Å². The summed E-state index contributed by atoms with van der Waals surface area (Å²) in [7, 11) is 1.37. The summed E-state index contributed by atoms with van der Waals surface area (Å²) in [4.78, 5) is 15.5. The third-order valence-corrected chi connectivity index (χ3v) is 1.27. The van der Waals surface area contributed by atoms with Gasteiger partial charge in [0.1, 0.15) is 0 Å². The first-order valence-corrected chi connectivity index (χ1v) is 3.36. The van der Waals surface area contributed by atoms with Gasteiger partial charge in [0.15, 0.2) is 0 Å². The van der Waals surface area contributed by atoms with Crippen molar-refractivity contribution < 1.29 is 14.3 Å². The summed E-state index contributed by atoms with van der Waals surface area (Å²) in [6.07, 6.45) is 3.29. The summed E-state index contributed by atoms with van der Waals surface area (Å²) in [6.45, 7) is 0. The molecule has 64 valence electrons. The molecule has 0 aliphatic carbocycles. The van der Waals surface area contributed by atoms with E-state index in [-0.39, 0.29) is 0 Å². The van der Waals surface area contributed by atoms with Crippen LogP contribution in [0.2, 0.25) is 0 Å². The zero-order valence-corrected chi connectivity index (χ0v) is 6.68. The number of hydrogen-bond donors (Lipinski definition) is 1. The molecular weight excluding hydrogens is 158 g/mol. The fourth-order valence-corrected chi connectivity index (χ4v) is 0.809. The summed E-state index contributed by atoms with van der Waals surface area (Å²) < 4.78 is 1.43. The van der Waals surface area contributed by atoms with Crippen LogP contribution in [0.3, 0.4) is 0 Å². The first-order valence-electron chi connectivity index (χ1n) is 3.36. The molecule has 0 saturated heterocycles. The van der Waals surface area contributed by atoms with Crippen molar-refractivity contribution >= 4 is 6.03 Å². The average Bonchev–Trinajstić information content (AvgIpc) is 2.07. The number of aromatic nitrogens is 1. The lowest BCUT2D eigenvalue weighted by Crippen LogP contribution is -2.61. The Morgan fingerprint density at radius 3 is 2.42 bits per heavy atom. The van der Waals surface area contributed by atoms with E-state index in [9.17, 15) is 4.79 Å². The van der Waals surface area contributed by atoms with Gasteiger partial charge in [0.05, 0.1) is 7.11 Å². The lowest BCUT2D eigenvalue weighted by molar-refractivity contribution is -0.716. The molecule has 0 saturated carbocycles. The molecule has 12 heavy (non-hydrogen) atoms. The van der Waals surface area contributed by atoms with Gasteiger partial charge in [-0.15, -0.1) is 0 Å². The Bertz CT molecular complexity index is 263. The molecule has 2 amide bonds. The molecule has 1 aromatic rings. The van der Waals surface area contributed by atoms with Crippen LogP contribution in [0.4, 0.5) is 4.79 Å². The molecule has 1 heterocycles. The summed E-state index contributed by atoms with van der Waals surface area (Å²) in [5.41, 5.74) is 5.02. The number of nitrogens with two attached hydrogens (primary N) is 1. The number of primary amides is 1. The second kappa shape index (κ2) is 3.68. The Kier molecular flexibility index (Phi) is 2.60. The second-order valence-electron chi connectivity index (χ2n) is 2.05. The van der Waals surface area contributed by atoms with Crippen molar-refractivity contribution in [3.63, 3.8) is 0 Å². The number of carbonyl (C=O) groups is 1. The smallest absolute Gasteiger partial charge is 0.345 e. The van der Waals surface area contributed by atoms with Crippen LogP contribution >= 0.6 is 0 Å². The molecule has 1 aromatic heterocycles. The predicted molar refractivity (Wildman–Crippen MR) is 41.4 cm³/mol. The second-order valence-corrected chi connectivity index (χ2v) is 2.05. The summed E-state index contributed by atoms with van der Waals surface area (Å²) >= 11 is 0. The first kappa shape index (κ1) is 8.48. The van der Waals surface area contributed by atoms with Gasteiger partial charge in [-0.05, 0) is 0 Å². The van der Waals surface area contributed by atoms with Crippen LogP contribution in [0.1, 0.15) is 0 Å². The molecule has 0 unspecified atom stereocenters. The number of hydroxylamine groups is 1. The number of nitrogens with zero attached hydrogens (tertiary/aromatic N) is 2. The number of pyridine rings is 1. The Labute approximate surface area is 69.9 Å². The Morgan fingerprint density at radius 1 is 1.42 bits per heavy atom. The number of amides is 2. The van der Waals surface area contributed by atoms with Gasteiger partial charge in [-0.3, -0.25) is 0 Å². The minimum atomic E-state index is -0.672. The quantitative estimate of drug-likeness (QED) is 0.480. The van der Waals surface area contributed by atoms with E-state index in [4.69, 9.17) is 10.6 Å². The number of hydrogen-bond acceptors (Lipinski definition) is 2. The van der Waals surface area contributed by atoms with Crippen LogP contribution in [0.15, 0.2) is 30.6 Å². The summed E-state index contributed by atoms with van der Waals surface area (Å²) in [5.74, 6) is 0. The van der Waals surface area contributed by atoms with Gasteiger partial charge >= 0.3 is 6.03 Å². The lowest BCUT2D eigenvalue weighted by atomic mass is 10.5. The Morgan fingerprint density at radius 2 is 2.00 bits per heavy atom. The van der Waals surface area contributed by atoms with Crippen LogP contribution in [-0.2, 0) is 4.84 Å². The number of carbonyl (C=O) groups excluding carboxylic acids is 1. The van der Waals surface area contributed by atoms with E-state index >= 15 is 0 Å². The normalized spacial score (nSPS) is 9.42. The molecule has 0 spiro atoms. The molecule has 0 aliphatic heterocycles. The Hall–Kier alpha value is -1.62. The van der Waals surface area contributed by atoms with Gasteiger partial charge in [-0.2, -0.15) is 0 Å². The maximum absolute atomic E-state index is 10.7. The molecule has 5 heteroatoms. The van der Waals surface area contributed by atoms with E-state index in [0.29, 0.717) is 0 Å². The first-order chi connectivity index (χ1) is 5.75. The average molecular weight is 168 g/mol. The molecule has 0 fully saturated rings. The van der Waals surface area contributed by atoms with E-state index in [1.807, 2.05) is 6.07 Å². The zero-order valence-electron chi connectivity index (χ0n) is 6.68. The maximum Gasteiger partial charge on any atom is 0.400 e. The molecule has 5 nitrogen and oxygen atoms in total. The number of rotatable bonds is 2. The third-order valence-electron chi connectivity index (χ3n) is 1.27. The van der Waals surface area contributed by atoms with E-state index in [2.05, 4.69) is 0 Å². The van der Waals surface area contributed by atoms with Crippen molar-refractivity contribution in [2.45, 2.75) is 0 Å². The van der Waals surface area contributed by atoms with Gasteiger partial charge in [0.25, 0.3) is 0 Å². The SMILES string of the molecule is CON(C(N)=O)[n+]1ccccc1. The van der Waals surface area contributed by atoms with Crippen LogP contribution in [0, 0.1) is 0 Å². The summed E-state index contributed by atoms with van der Waals surface area (Å²) in [5, 5.41) is 0.931. The minimum Gasteiger partial charge on any atom is -0.345 e. The van der Waals surface area contributed by atoms with Gasteiger partial charge < -0.3 is 5.73 Å². The van der Waals surface area contributed by atoms with Crippen molar-refractivity contribution in [2.75, 3.05) is 12.3 Å². The van der Waals surface area contributed by atoms with Crippen molar-refractivity contribution in [2.24, 2.45) is 5.73 Å². The Balaban J connectivity index is 2.88. The largest absolute Gasteiger partial charge is 0.400 e. The molecule has 0 aromatic carbocycles. The molecule has 0 bridgehead atoms. The van der Waals surface area contributed by atoms with Gasteiger partial charge in [0, 0.05) is 17.3 Å². The highest BCUT2D eigenvalue weighted by Gasteiger charge is 2.17. The molecule has 1 rings (SSSR count). The third kappa shape index (κ3) is 1.70. The van der Waals surface area contributed by atoms with Crippen LogP contribution < -0.4 is 15.6 Å². The van der Waals surface area contributed by atoms with Crippen LogP contribution in [0.25, 0.3) is 0 Å². The molecule has 0 radical (unpaired) electrons. The van der Waals surface area contributed by atoms with E-state index < -0.39 is 6.03 Å². The van der Waals surface area contributed by atoms with E-state index in [1.165, 1.54) is 11.8 Å². The van der Waals surface area contributed by atoms with Gasteiger partial charge in [-0.25, -0.2) is 9.63 Å². The van der Waals surface area contributed by atoms with E-state index in [1.54, 1.807) is 24.5 Å². The minimum absolute atomic E-state index is 0.672. The number of urea groups is 1. The lowest BCUT2D eigenvalue weighted by Gasteiger charge is -2.07. The topological polar surface area (TPSA) is 59.4 Å². The van der Waals surface area contributed by atoms with Crippen LogP contribution in [0.5, 0.6) is 0 Å². The molecular formula is C7H10N3O2+.